The van der Waals surface area contributed by atoms with E-state index in [1.165, 1.54) is 31.1 Å². The molecular weight excluding hydrogens is 590 g/mol. The first kappa shape index (κ1) is 31.6. The molecule has 3 aliphatic rings. The minimum Gasteiger partial charge on any atom is -0.476 e. The number of nitrogens with zero attached hydrogens (tertiary/aromatic N) is 5. The Bertz CT molecular complexity index is 1460. The number of piperidine rings is 1. The van der Waals surface area contributed by atoms with Crippen molar-refractivity contribution in [3.05, 3.63) is 48.3 Å². The van der Waals surface area contributed by atoms with E-state index in [-0.39, 0.29) is 43.1 Å². The van der Waals surface area contributed by atoms with Crippen molar-refractivity contribution in [1.29, 1.82) is 0 Å². The highest BCUT2D eigenvalue weighted by molar-refractivity contribution is 7.91. The normalized spacial score (nSPS) is 19.4. The fourth-order valence-electron chi connectivity index (χ4n) is 4.99. The van der Waals surface area contributed by atoms with Gasteiger partial charge in [0, 0.05) is 26.2 Å². The minimum absolute atomic E-state index is 0.0190. The monoisotopic (exact) mass is 629 g/mol. The lowest BCUT2D eigenvalue weighted by Crippen LogP contribution is -2.58. The van der Waals surface area contributed by atoms with Gasteiger partial charge in [0.15, 0.2) is 10.6 Å². The molecule has 2 amide bonds. The Morgan fingerprint density at radius 1 is 1.02 bits per heavy atom. The highest BCUT2D eigenvalue weighted by Gasteiger charge is 2.49. The maximum absolute atomic E-state index is 13.4. The van der Waals surface area contributed by atoms with E-state index in [1.54, 1.807) is 29.2 Å². The van der Waals surface area contributed by atoms with Crippen LogP contribution in [0.5, 0.6) is 5.88 Å². The van der Waals surface area contributed by atoms with Gasteiger partial charge in [0.1, 0.15) is 12.2 Å². The third-order valence-electron chi connectivity index (χ3n) is 8.39. The van der Waals surface area contributed by atoms with Crippen LogP contribution in [0.15, 0.2) is 42.7 Å². The predicted molar refractivity (Wildman–Crippen MR) is 159 cm³/mol. The van der Waals surface area contributed by atoms with Crippen molar-refractivity contribution in [3.63, 3.8) is 0 Å². The van der Waals surface area contributed by atoms with E-state index in [2.05, 4.69) is 9.97 Å². The molecule has 14 heteroatoms. The van der Waals surface area contributed by atoms with Gasteiger partial charge in [-0.2, -0.15) is 4.31 Å². The highest BCUT2D eigenvalue weighted by atomic mass is 32.2. The van der Waals surface area contributed by atoms with Crippen LogP contribution in [0.3, 0.4) is 0 Å². The Morgan fingerprint density at radius 3 is 2.34 bits per heavy atom. The van der Waals surface area contributed by atoms with E-state index < -0.39 is 33.2 Å². The molecule has 238 valence electrons. The summed E-state index contributed by atoms with van der Waals surface area (Å²) in [5, 5.41) is 0. The fourth-order valence-corrected chi connectivity index (χ4v) is 6.50. The highest BCUT2D eigenvalue weighted by Crippen LogP contribution is 2.39. The largest absolute Gasteiger partial charge is 0.476 e. The summed E-state index contributed by atoms with van der Waals surface area (Å²) in [6.45, 7) is 5.69. The van der Waals surface area contributed by atoms with Crippen LogP contribution in [0.25, 0.3) is 0 Å². The molecule has 3 fully saturated rings. The first-order valence-corrected chi connectivity index (χ1v) is 16.3. The number of carbonyl (C=O) groups is 3. The van der Waals surface area contributed by atoms with Crippen LogP contribution >= 0.6 is 0 Å². The lowest BCUT2D eigenvalue weighted by molar-refractivity contribution is -0.147. The van der Waals surface area contributed by atoms with Gasteiger partial charge in [-0.05, 0) is 57.9 Å². The molecule has 3 heterocycles. The Morgan fingerprint density at radius 2 is 1.73 bits per heavy atom. The Labute approximate surface area is 257 Å². The second-order valence-electron chi connectivity index (χ2n) is 12.2. The molecule has 0 atom stereocenters. The van der Waals surface area contributed by atoms with Crippen molar-refractivity contribution in [3.8, 4) is 5.88 Å². The van der Waals surface area contributed by atoms with Crippen LogP contribution in [0.4, 0.5) is 10.6 Å². The third-order valence-corrected chi connectivity index (χ3v) is 10.8. The van der Waals surface area contributed by atoms with Crippen LogP contribution in [0.1, 0.15) is 52.0 Å². The summed E-state index contributed by atoms with van der Waals surface area (Å²) in [5.74, 6) is -0.543. The number of amides is 2. The number of esters is 1. The molecule has 2 aromatic rings. The van der Waals surface area contributed by atoms with Gasteiger partial charge >= 0.3 is 12.1 Å². The summed E-state index contributed by atoms with van der Waals surface area (Å²) in [7, 11) is -4.22. The molecule has 44 heavy (non-hydrogen) atoms. The van der Waals surface area contributed by atoms with E-state index in [0.717, 1.165) is 35.6 Å². The first-order chi connectivity index (χ1) is 20.9. The molecule has 0 radical (unpaired) electrons. The van der Waals surface area contributed by atoms with Gasteiger partial charge < -0.3 is 19.1 Å². The maximum Gasteiger partial charge on any atom is 0.410 e. The molecule has 13 nitrogen and oxygen atoms in total. The van der Waals surface area contributed by atoms with E-state index in [1.807, 2.05) is 13.0 Å². The molecule has 1 aromatic carbocycles. The fraction of sp³-hybridized carbons (Fsp3) is 0.567. The van der Waals surface area contributed by atoms with Crippen LogP contribution in [0.2, 0.25) is 0 Å². The summed E-state index contributed by atoms with van der Waals surface area (Å²) in [4.78, 5) is 49.8. The zero-order valence-corrected chi connectivity index (χ0v) is 26.1. The molecule has 2 aliphatic heterocycles. The predicted octanol–water partition coefficient (Wildman–Crippen LogP) is 2.76. The number of likely N-dealkylation sites (tertiary alicyclic amines) is 1. The molecule has 5 rings (SSSR count). The minimum atomic E-state index is -4.22. The number of benzene rings is 1. The number of ether oxygens (including phenoxy) is 3. The SMILES string of the molecule is CC1(OC(=O)N2CCC(COc3cnc(N4CCN(S(=O)(=O)C(C)(C)C(=O)OCc5ccccc5)CC4=O)cn3)CC2)CC1. The average Bonchev–Trinajstić information content (AvgIpc) is 3.75. The second kappa shape index (κ2) is 12.7. The molecule has 1 aliphatic carbocycles. The van der Waals surface area contributed by atoms with Gasteiger partial charge in [-0.15, -0.1) is 0 Å². The lowest BCUT2D eigenvalue weighted by Gasteiger charge is -2.36. The van der Waals surface area contributed by atoms with E-state index in [9.17, 15) is 22.8 Å². The number of piperazine rings is 1. The van der Waals surface area contributed by atoms with Gasteiger partial charge in [0.2, 0.25) is 21.8 Å². The number of anilines is 1. The summed E-state index contributed by atoms with van der Waals surface area (Å²) in [6.07, 6.45) is 6.02. The number of hydrogen-bond acceptors (Lipinski definition) is 10. The van der Waals surface area contributed by atoms with Crippen molar-refractivity contribution < 1.29 is 37.0 Å². The van der Waals surface area contributed by atoms with E-state index in [4.69, 9.17) is 14.2 Å². The standard InChI is InChI=1S/C30H39N5O8S/c1-29(2,27(37)42-21-22-7-5-4-6-8-22)44(39,40)34-15-16-35(26(36)19-34)24-17-32-25(18-31-24)41-20-23-9-13-33(14-10-23)28(38)43-30(3)11-12-30/h4-8,17-18,23H,9-16,19-21H2,1-3H3. The molecule has 0 unspecified atom stereocenters. The van der Waals surface area contributed by atoms with Gasteiger partial charge in [-0.1, -0.05) is 30.3 Å². The van der Waals surface area contributed by atoms with E-state index in [0.29, 0.717) is 25.6 Å². The number of aromatic nitrogens is 2. The van der Waals surface area contributed by atoms with E-state index >= 15 is 0 Å². The van der Waals surface area contributed by atoms with Crippen molar-refractivity contribution in [2.75, 3.05) is 44.2 Å². The third kappa shape index (κ3) is 7.12. The number of hydrogen-bond donors (Lipinski definition) is 0. The average molecular weight is 630 g/mol. The zero-order chi connectivity index (χ0) is 31.5. The molecule has 0 bridgehead atoms. The van der Waals surface area contributed by atoms with Gasteiger partial charge in [-0.25, -0.2) is 23.2 Å². The summed E-state index contributed by atoms with van der Waals surface area (Å²) in [6, 6.07) is 8.96. The number of carbonyl (C=O) groups excluding carboxylic acids is 3. The molecule has 1 aromatic heterocycles. The maximum atomic E-state index is 13.4. The van der Waals surface area contributed by atoms with Crippen LogP contribution in [0, 0.1) is 5.92 Å². The summed E-state index contributed by atoms with van der Waals surface area (Å²) in [5.41, 5.74) is 0.450. The molecule has 0 spiro atoms. The van der Waals surface area contributed by atoms with Gasteiger partial charge in [0.05, 0.1) is 25.5 Å². The molecule has 2 saturated heterocycles. The van der Waals surface area contributed by atoms with Crippen molar-refractivity contribution in [2.24, 2.45) is 5.92 Å². The van der Waals surface area contributed by atoms with Crippen LogP contribution < -0.4 is 9.64 Å². The number of sulfonamides is 1. The Hall–Kier alpha value is -3.78. The number of rotatable bonds is 10. The molecular formula is C30H39N5O8S. The van der Waals surface area contributed by atoms with Crippen molar-refractivity contribution in [1.82, 2.24) is 19.2 Å². The topological polar surface area (TPSA) is 149 Å². The lowest BCUT2D eigenvalue weighted by atomic mass is 9.98. The summed E-state index contributed by atoms with van der Waals surface area (Å²) >= 11 is 0. The second-order valence-corrected chi connectivity index (χ2v) is 14.7. The molecule has 0 N–H and O–H groups in total. The van der Waals surface area contributed by atoms with Crippen LogP contribution in [-0.2, 0) is 35.7 Å². The van der Waals surface area contributed by atoms with Crippen molar-refractivity contribution >= 4 is 33.8 Å². The van der Waals surface area contributed by atoms with Crippen molar-refractivity contribution in [2.45, 2.75) is 63.4 Å². The van der Waals surface area contributed by atoms with Crippen LogP contribution in [-0.4, -0.2) is 95.2 Å². The summed E-state index contributed by atoms with van der Waals surface area (Å²) < 4.78 is 42.6. The quantitative estimate of drug-likeness (QED) is 0.359. The zero-order valence-electron chi connectivity index (χ0n) is 25.3. The smallest absolute Gasteiger partial charge is 0.410 e. The Balaban J connectivity index is 1.08. The Kier molecular flexibility index (Phi) is 9.12. The van der Waals surface area contributed by atoms with Gasteiger partial charge in [0.25, 0.3) is 0 Å². The molecule has 1 saturated carbocycles. The first-order valence-electron chi connectivity index (χ1n) is 14.8. The van der Waals surface area contributed by atoms with Gasteiger partial charge in [-0.3, -0.25) is 14.5 Å².